The van der Waals surface area contributed by atoms with E-state index in [1.807, 2.05) is 0 Å². The largest absolute Gasteiger partial charge is 0.496 e. The van der Waals surface area contributed by atoms with Crippen LogP contribution in [0.1, 0.15) is 22.3 Å². The normalized spacial score (nSPS) is 10.8. The Morgan fingerprint density at radius 1 is 1.23 bits per heavy atom. The number of thiazole rings is 1. The molecule has 0 saturated heterocycles. The lowest BCUT2D eigenvalue weighted by Gasteiger charge is -2.13. The molecule has 0 aliphatic heterocycles. The van der Waals surface area contributed by atoms with Crippen molar-refractivity contribution in [3.8, 4) is 28.0 Å². The Morgan fingerprint density at radius 3 is 2.65 bits per heavy atom. The molecule has 0 bridgehead atoms. The summed E-state index contributed by atoms with van der Waals surface area (Å²) in [6, 6.07) is 5.14. The molecule has 0 spiro atoms. The molecule has 0 fully saturated rings. The van der Waals surface area contributed by atoms with E-state index >= 15 is 0 Å². The lowest BCUT2D eigenvalue weighted by molar-refractivity contribution is 0.0697. The van der Waals surface area contributed by atoms with E-state index in [4.69, 9.17) is 9.47 Å². The van der Waals surface area contributed by atoms with Crippen LogP contribution >= 0.6 is 11.3 Å². The molecular weight excluding hydrogens is 366 g/mol. The second-order valence-electron chi connectivity index (χ2n) is 5.03. The number of rotatable bonds is 6. The van der Waals surface area contributed by atoms with Crippen LogP contribution in [0, 0.1) is 0 Å². The fourth-order valence-corrected chi connectivity index (χ4v) is 2.80. The van der Waals surface area contributed by atoms with Crippen LogP contribution in [0.4, 0.5) is 8.78 Å². The van der Waals surface area contributed by atoms with E-state index in [-0.39, 0.29) is 33.9 Å². The van der Waals surface area contributed by atoms with Gasteiger partial charge in [0.1, 0.15) is 5.75 Å². The molecule has 1 N–H and O–H groups in total. The highest BCUT2D eigenvalue weighted by molar-refractivity contribution is 7.11. The quantitative estimate of drug-likeness (QED) is 0.673. The topological polar surface area (TPSA) is 81.5 Å². The second kappa shape index (κ2) is 7.44. The Morgan fingerprint density at radius 2 is 2.04 bits per heavy atom. The van der Waals surface area contributed by atoms with E-state index in [1.54, 1.807) is 11.6 Å². The molecule has 0 unspecified atom stereocenters. The lowest BCUT2D eigenvalue weighted by atomic mass is 9.98. The van der Waals surface area contributed by atoms with Gasteiger partial charge in [-0.15, -0.1) is 0 Å². The van der Waals surface area contributed by atoms with Gasteiger partial charge in [0, 0.05) is 40.5 Å². The number of aromatic carboxylic acids is 1. The molecular formula is C17H12F2N2O4S. The van der Waals surface area contributed by atoms with Crippen molar-refractivity contribution in [3.63, 3.8) is 0 Å². The molecule has 1 aromatic carbocycles. The highest BCUT2D eigenvalue weighted by Gasteiger charge is 2.20. The minimum atomic E-state index is -2.71. The highest BCUT2D eigenvalue weighted by atomic mass is 32.1. The summed E-state index contributed by atoms with van der Waals surface area (Å²) >= 11 is 1.23. The van der Waals surface area contributed by atoms with E-state index in [0.29, 0.717) is 5.19 Å². The fraction of sp³-hybridized carbons (Fsp3) is 0.118. The van der Waals surface area contributed by atoms with Gasteiger partial charge in [-0.1, -0.05) is 11.3 Å². The van der Waals surface area contributed by atoms with Crippen molar-refractivity contribution in [2.45, 2.75) is 6.43 Å². The summed E-state index contributed by atoms with van der Waals surface area (Å²) in [6.07, 6.45) is -0.0580. The van der Waals surface area contributed by atoms with Crippen LogP contribution in [-0.2, 0) is 0 Å². The van der Waals surface area contributed by atoms with E-state index in [2.05, 4.69) is 9.97 Å². The summed E-state index contributed by atoms with van der Waals surface area (Å²) in [7, 11) is 1.37. The first-order valence-electron chi connectivity index (χ1n) is 7.26. The van der Waals surface area contributed by atoms with Gasteiger partial charge in [-0.3, -0.25) is 0 Å². The summed E-state index contributed by atoms with van der Waals surface area (Å²) in [4.78, 5) is 19.5. The van der Waals surface area contributed by atoms with Gasteiger partial charge in [-0.25, -0.2) is 23.5 Å². The van der Waals surface area contributed by atoms with Gasteiger partial charge in [0.2, 0.25) is 5.88 Å². The number of benzene rings is 1. The van der Waals surface area contributed by atoms with Gasteiger partial charge in [-0.2, -0.15) is 0 Å². The molecule has 2 aromatic heterocycles. The molecule has 0 amide bonds. The van der Waals surface area contributed by atoms with Crippen molar-refractivity contribution >= 4 is 17.3 Å². The molecule has 0 aliphatic carbocycles. The van der Waals surface area contributed by atoms with Gasteiger partial charge >= 0.3 is 5.97 Å². The zero-order valence-electron chi connectivity index (χ0n) is 13.3. The third-order valence-corrected chi connectivity index (χ3v) is 4.12. The number of carboxylic acid groups (broad SMARTS) is 1. The van der Waals surface area contributed by atoms with Crippen molar-refractivity contribution in [2.24, 2.45) is 0 Å². The molecule has 0 atom stereocenters. The summed E-state index contributed by atoms with van der Waals surface area (Å²) in [6.45, 7) is 0. The van der Waals surface area contributed by atoms with E-state index in [9.17, 15) is 18.7 Å². The first-order valence-corrected chi connectivity index (χ1v) is 8.14. The molecule has 0 radical (unpaired) electrons. The minimum Gasteiger partial charge on any atom is -0.496 e. The number of methoxy groups -OCH3 is 1. The highest BCUT2D eigenvalue weighted by Crippen LogP contribution is 2.37. The number of halogens is 2. The van der Waals surface area contributed by atoms with Crippen molar-refractivity contribution in [3.05, 3.63) is 53.2 Å². The first kappa shape index (κ1) is 17.7. The maximum Gasteiger partial charge on any atom is 0.337 e. The Kier molecular flexibility index (Phi) is 5.08. The maximum absolute atomic E-state index is 13.1. The van der Waals surface area contributed by atoms with E-state index in [0.717, 1.165) is 6.20 Å². The van der Waals surface area contributed by atoms with Gasteiger partial charge in [0.15, 0.2) is 0 Å². The van der Waals surface area contributed by atoms with Crippen LogP contribution in [0.2, 0.25) is 0 Å². The third-order valence-electron chi connectivity index (χ3n) is 3.48. The van der Waals surface area contributed by atoms with Crippen LogP contribution in [0.15, 0.2) is 42.0 Å². The van der Waals surface area contributed by atoms with E-state index in [1.165, 1.54) is 42.7 Å². The number of carbonyl (C=O) groups is 1. The number of hydrogen-bond acceptors (Lipinski definition) is 6. The Labute approximate surface area is 150 Å². The molecule has 0 saturated carbocycles. The van der Waals surface area contributed by atoms with Crippen LogP contribution in [-0.4, -0.2) is 28.2 Å². The maximum atomic E-state index is 13.1. The SMILES string of the molecule is COc1ccc(C(F)F)cc1-c1cc(Oc2nccs2)ncc1C(=O)O. The minimum absolute atomic E-state index is 0.0875. The Balaban J connectivity index is 2.15. The number of hydrogen-bond donors (Lipinski definition) is 1. The summed E-state index contributed by atoms with van der Waals surface area (Å²) in [5.74, 6) is -0.912. The molecule has 6 nitrogen and oxygen atoms in total. The smallest absolute Gasteiger partial charge is 0.337 e. The van der Waals surface area contributed by atoms with Gasteiger partial charge in [-0.05, 0) is 18.2 Å². The molecule has 3 rings (SSSR count). The second-order valence-corrected chi connectivity index (χ2v) is 5.89. The number of alkyl halides is 2. The van der Waals surface area contributed by atoms with Gasteiger partial charge < -0.3 is 14.6 Å². The number of ether oxygens (including phenoxy) is 2. The average molecular weight is 378 g/mol. The number of pyridine rings is 1. The standard InChI is InChI=1S/C17H12F2N2O4S/c1-24-13-3-2-9(15(18)19)6-11(13)10-7-14(21-8-12(10)16(22)23)25-17-20-4-5-26-17/h2-8,15H,1H3,(H,22,23). The van der Waals surface area contributed by atoms with E-state index < -0.39 is 12.4 Å². The predicted octanol–water partition coefficient (Wildman–Crippen LogP) is 4.64. The monoisotopic (exact) mass is 378 g/mol. The molecule has 2 heterocycles. The van der Waals surface area contributed by atoms with Crippen molar-refractivity contribution in [1.29, 1.82) is 0 Å². The Bertz CT molecular complexity index is 933. The van der Waals surface area contributed by atoms with Crippen LogP contribution in [0.5, 0.6) is 16.8 Å². The van der Waals surface area contributed by atoms with Crippen molar-refractivity contribution in [2.75, 3.05) is 7.11 Å². The Hall–Kier alpha value is -3.07. The van der Waals surface area contributed by atoms with Gasteiger partial charge in [0.05, 0.1) is 12.7 Å². The summed E-state index contributed by atoms with van der Waals surface area (Å²) in [5, 5.41) is 11.5. The molecule has 134 valence electrons. The summed E-state index contributed by atoms with van der Waals surface area (Å²) in [5.41, 5.74) is -0.0648. The summed E-state index contributed by atoms with van der Waals surface area (Å²) < 4.78 is 36.9. The predicted molar refractivity (Wildman–Crippen MR) is 90.3 cm³/mol. The average Bonchev–Trinajstić information content (AvgIpc) is 3.13. The number of nitrogens with zero attached hydrogens (tertiary/aromatic N) is 2. The van der Waals surface area contributed by atoms with Gasteiger partial charge in [0.25, 0.3) is 11.6 Å². The van der Waals surface area contributed by atoms with Crippen LogP contribution in [0.25, 0.3) is 11.1 Å². The number of carboxylic acids is 1. The molecule has 26 heavy (non-hydrogen) atoms. The van der Waals surface area contributed by atoms with Crippen molar-refractivity contribution in [1.82, 2.24) is 9.97 Å². The number of aromatic nitrogens is 2. The lowest BCUT2D eigenvalue weighted by Crippen LogP contribution is -2.03. The van der Waals surface area contributed by atoms with Crippen LogP contribution in [0.3, 0.4) is 0 Å². The fourth-order valence-electron chi connectivity index (χ4n) is 2.31. The third kappa shape index (κ3) is 3.62. The molecule has 3 aromatic rings. The first-order chi connectivity index (χ1) is 12.5. The van der Waals surface area contributed by atoms with Crippen molar-refractivity contribution < 1.29 is 28.2 Å². The zero-order valence-corrected chi connectivity index (χ0v) is 14.2. The van der Waals surface area contributed by atoms with Crippen LogP contribution < -0.4 is 9.47 Å². The zero-order chi connectivity index (χ0) is 18.7. The molecule has 0 aliphatic rings. The molecule has 9 heteroatoms.